The fourth-order valence-corrected chi connectivity index (χ4v) is 2.93. The van der Waals surface area contributed by atoms with Crippen LogP contribution in [0.5, 0.6) is 0 Å². The Morgan fingerprint density at radius 3 is 2.78 bits per heavy atom. The van der Waals surface area contributed by atoms with E-state index in [0.29, 0.717) is 31.7 Å². The van der Waals surface area contributed by atoms with Gasteiger partial charge in [-0.05, 0) is 18.9 Å². The number of nitrogens with zero attached hydrogens (tertiary/aromatic N) is 2. The smallest absolute Gasteiger partial charge is 0.305 e. The van der Waals surface area contributed by atoms with E-state index in [9.17, 15) is 9.59 Å². The molecule has 0 spiro atoms. The number of fused-ring (bicyclic) bond motifs is 1. The summed E-state index contributed by atoms with van der Waals surface area (Å²) in [4.78, 5) is 25.5. The number of carbonyl (C=O) groups excluding carboxylic acids is 1. The molecule has 2 heterocycles. The van der Waals surface area contributed by atoms with E-state index in [1.54, 1.807) is 4.90 Å². The molecule has 1 saturated heterocycles. The van der Waals surface area contributed by atoms with E-state index >= 15 is 0 Å². The highest BCUT2D eigenvalue weighted by Crippen LogP contribution is 2.21. The number of H-pyrrole nitrogens is 1. The molecule has 122 valence electrons. The number of aromatic amines is 1. The van der Waals surface area contributed by atoms with Gasteiger partial charge in [-0.2, -0.15) is 5.10 Å². The first-order valence-electron chi connectivity index (χ1n) is 7.70. The van der Waals surface area contributed by atoms with Gasteiger partial charge < -0.3 is 14.7 Å². The minimum Gasteiger partial charge on any atom is -0.481 e. The number of carboxylic acid groups (broad SMARTS) is 1. The molecule has 2 aromatic rings. The van der Waals surface area contributed by atoms with Gasteiger partial charge in [0, 0.05) is 31.2 Å². The Balaban J connectivity index is 1.87. The highest BCUT2D eigenvalue weighted by molar-refractivity contribution is 6.04. The first-order chi connectivity index (χ1) is 11.2. The molecule has 1 fully saturated rings. The second-order valence-corrected chi connectivity index (χ2v) is 5.60. The second-order valence-electron chi connectivity index (χ2n) is 5.60. The van der Waals surface area contributed by atoms with Crippen molar-refractivity contribution in [2.24, 2.45) is 0 Å². The molecule has 1 amide bonds. The van der Waals surface area contributed by atoms with Gasteiger partial charge in [-0.25, -0.2) is 0 Å². The number of nitrogens with one attached hydrogen (secondary N) is 1. The minimum atomic E-state index is -0.915. The minimum absolute atomic E-state index is 0.00828. The average Bonchev–Trinajstić information content (AvgIpc) is 2.99. The first kappa shape index (κ1) is 15.5. The fourth-order valence-electron chi connectivity index (χ4n) is 2.93. The molecule has 1 aromatic heterocycles. The van der Waals surface area contributed by atoms with Crippen LogP contribution in [0.25, 0.3) is 10.9 Å². The third-order valence-corrected chi connectivity index (χ3v) is 4.13. The number of benzene rings is 1. The Labute approximate surface area is 133 Å². The van der Waals surface area contributed by atoms with Crippen LogP contribution in [0.4, 0.5) is 0 Å². The number of aliphatic carboxylic acids is 1. The van der Waals surface area contributed by atoms with Crippen molar-refractivity contribution in [2.75, 3.05) is 19.8 Å². The lowest BCUT2D eigenvalue weighted by Crippen LogP contribution is -2.44. The summed E-state index contributed by atoms with van der Waals surface area (Å²) in [7, 11) is 0. The van der Waals surface area contributed by atoms with Gasteiger partial charge >= 0.3 is 5.97 Å². The summed E-state index contributed by atoms with van der Waals surface area (Å²) in [5, 5.41) is 16.7. The Bertz CT molecular complexity index is 706. The Morgan fingerprint density at radius 1 is 1.30 bits per heavy atom. The van der Waals surface area contributed by atoms with Crippen LogP contribution >= 0.6 is 0 Å². The summed E-state index contributed by atoms with van der Waals surface area (Å²) >= 11 is 0. The number of aromatic nitrogens is 2. The molecular formula is C16H19N3O4. The number of rotatable bonds is 5. The zero-order chi connectivity index (χ0) is 16.2. The monoisotopic (exact) mass is 317 g/mol. The zero-order valence-corrected chi connectivity index (χ0v) is 12.7. The molecule has 1 aromatic carbocycles. The molecule has 0 aliphatic carbocycles. The number of amides is 1. The quantitative estimate of drug-likeness (QED) is 0.874. The van der Waals surface area contributed by atoms with Crippen LogP contribution in [-0.4, -0.2) is 57.9 Å². The van der Waals surface area contributed by atoms with E-state index in [1.807, 2.05) is 24.3 Å². The Hall–Kier alpha value is -2.41. The molecular weight excluding hydrogens is 298 g/mol. The third-order valence-electron chi connectivity index (χ3n) is 4.13. The largest absolute Gasteiger partial charge is 0.481 e. The van der Waals surface area contributed by atoms with Gasteiger partial charge in [-0.1, -0.05) is 18.2 Å². The fraction of sp³-hybridized carbons (Fsp3) is 0.438. The normalized spacial score (nSPS) is 15.7. The summed E-state index contributed by atoms with van der Waals surface area (Å²) in [5.74, 6) is -1.14. The molecule has 0 saturated carbocycles. The molecule has 0 unspecified atom stereocenters. The van der Waals surface area contributed by atoms with Gasteiger partial charge in [0.15, 0.2) is 5.69 Å². The number of para-hydroxylation sites is 1. The van der Waals surface area contributed by atoms with Crippen molar-refractivity contribution in [3.8, 4) is 0 Å². The maximum atomic E-state index is 12.9. The van der Waals surface area contributed by atoms with Gasteiger partial charge in [0.05, 0.1) is 11.9 Å². The standard InChI is InChI=1S/C16H19N3O4/c20-14(21)5-8-19(11-6-9-23-10-7-11)16(22)15-12-3-1-2-4-13(12)17-18-15/h1-4,11H,5-10H2,(H,17,18)(H,20,21). The van der Waals surface area contributed by atoms with Crippen LogP contribution in [0.2, 0.25) is 0 Å². The summed E-state index contributed by atoms with van der Waals surface area (Å²) in [5.41, 5.74) is 1.14. The zero-order valence-electron chi connectivity index (χ0n) is 12.7. The van der Waals surface area contributed by atoms with Crippen molar-refractivity contribution >= 4 is 22.8 Å². The van der Waals surface area contributed by atoms with Crippen LogP contribution < -0.4 is 0 Å². The van der Waals surface area contributed by atoms with Gasteiger partial charge in [0.25, 0.3) is 5.91 Å². The van der Waals surface area contributed by atoms with E-state index in [1.165, 1.54) is 0 Å². The summed E-state index contributed by atoms with van der Waals surface area (Å²) in [6.07, 6.45) is 1.35. The van der Waals surface area contributed by atoms with Gasteiger partial charge in [-0.3, -0.25) is 14.7 Å². The second kappa shape index (κ2) is 6.78. The molecule has 1 aliphatic rings. The predicted molar refractivity (Wildman–Crippen MR) is 83.2 cm³/mol. The van der Waals surface area contributed by atoms with Crippen molar-refractivity contribution in [1.29, 1.82) is 0 Å². The van der Waals surface area contributed by atoms with Crippen LogP contribution in [0.3, 0.4) is 0 Å². The Kier molecular flexibility index (Phi) is 4.57. The van der Waals surface area contributed by atoms with Gasteiger partial charge in [-0.15, -0.1) is 0 Å². The SMILES string of the molecule is O=C(O)CCN(C(=O)c1n[nH]c2ccccc12)C1CCOCC1. The highest BCUT2D eigenvalue weighted by Gasteiger charge is 2.29. The van der Waals surface area contributed by atoms with E-state index in [2.05, 4.69) is 10.2 Å². The van der Waals surface area contributed by atoms with Crippen molar-refractivity contribution < 1.29 is 19.4 Å². The summed E-state index contributed by atoms with van der Waals surface area (Å²) in [6.45, 7) is 1.35. The maximum absolute atomic E-state index is 12.9. The Morgan fingerprint density at radius 2 is 2.04 bits per heavy atom. The summed E-state index contributed by atoms with van der Waals surface area (Å²) in [6, 6.07) is 7.41. The third kappa shape index (κ3) is 3.34. The molecule has 0 atom stereocenters. The van der Waals surface area contributed by atoms with Crippen LogP contribution in [-0.2, 0) is 9.53 Å². The molecule has 3 rings (SSSR count). The lowest BCUT2D eigenvalue weighted by atomic mass is 10.1. The van der Waals surface area contributed by atoms with Crippen LogP contribution in [0.1, 0.15) is 29.8 Å². The molecule has 1 aliphatic heterocycles. The van der Waals surface area contributed by atoms with Gasteiger partial charge in [0.1, 0.15) is 0 Å². The lowest BCUT2D eigenvalue weighted by molar-refractivity contribution is -0.137. The van der Waals surface area contributed by atoms with Crippen molar-refractivity contribution in [3.05, 3.63) is 30.0 Å². The van der Waals surface area contributed by atoms with E-state index in [0.717, 1.165) is 10.9 Å². The molecule has 0 bridgehead atoms. The number of carboxylic acids is 1. The lowest BCUT2D eigenvalue weighted by Gasteiger charge is -2.33. The maximum Gasteiger partial charge on any atom is 0.305 e. The molecule has 7 heteroatoms. The number of ether oxygens (including phenoxy) is 1. The van der Waals surface area contributed by atoms with Crippen molar-refractivity contribution in [1.82, 2.24) is 15.1 Å². The number of carbonyl (C=O) groups is 2. The summed E-state index contributed by atoms with van der Waals surface area (Å²) < 4.78 is 5.34. The molecule has 23 heavy (non-hydrogen) atoms. The van der Waals surface area contributed by atoms with E-state index in [4.69, 9.17) is 9.84 Å². The molecule has 0 radical (unpaired) electrons. The van der Waals surface area contributed by atoms with Crippen molar-refractivity contribution in [3.63, 3.8) is 0 Å². The van der Waals surface area contributed by atoms with Gasteiger partial charge in [0.2, 0.25) is 0 Å². The first-order valence-corrected chi connectivity index (χ1v) is 7.70. The average molecular weight is 317 g/mol. The number of hydrogen-bond acceptors (Lipinski definition) is 4. The van der Waals surface area contributed by atoms with Crippen LogP contribution in [0.15, 0.2) is 24.3 Å². The molecule has 2 N–H and O–H groups in total. The van der Waals surface area contributed by atoms with Crippen LogP contribution in [0, 0.1) is 0 Å². The number of hydrogen-bond donors (Lipinski definition) is 2. The van der Waals surface area contributed by atoms with E-state index < -0.39 is 5.97 Å². The van der Waals surface area contributed by atoms with E-state index in [-0.39, 0.29) is 24.9 Å². The van der Waals surface area contributed by atoms with Crippen molar-refractivity contribution in [2.45, 2.75) is 25.3 Å². The highest BCUT2D eigenvalue weighted by atomic mass is 16.5. The predicted octanol–water partition coefficient (Wildman–Crippen LogP) is 1.66. The topological polar surface area (TPSA) is 95.5 Å². The molecule has 7 nitrogen and oxygen atoms in total.